The number of H-pyrrole nitrogens is 1. The summed E-state index contributed by atoms with van der Waals surface area (Å²) in [6, 6.07) is 40.5. The predicted octanol–water partition coefficient (Wildman–Crippen LogP) is 8.60. The van der Waals surface area contributed by atoms with Crippen LogP contribution in [0.5, 0.6) is 0 Å². The number of aromatic amines is 1. The van der Waals surface area contributed by atoms with Crippen molar-refractivity contribution in [3.05, 3.63) is 115 Å². The molecule has 5 heteroatoms. The van der Waals surface area contributed by atoms with E-state index in [1.165, 1.54) is 42.0 Å². The largest absolute Gasteiger partial charge is 0.308 e. The number of nitrogens with zero attached hydrogens (tertiary/aromatic N) is 3. The summed E-state index contributed by atoms with van der Waals surface area (Å²) >= 11 is 1.87. The van der Waals surface area contributed by atoms with Gasteiger partial charge in [-0.3, -0.25) is 5.10 Å². The predicted molar refractivity (Wildman–Crippen MR) is 154 cm³/mol. The van der Waals surface area contributed by atoms with E-state index in [4.69, 9.17) is 4.98 Å². The van der Waals surface area contributed by atoms with Crippen LogP contribution in [-0.2, 0) is 0 Å². The molecule has 0 aliphatic heterocycles. The maximum absolute atomic E-state index is 4.80. The highest BCUT2D eigenvalue weighted by molar-refractivity contribution is 7.26. The van der Waals surface area contributed by atoms with E-state index in [2.05, 4.69) is 99.7 Å². The number of thiophene rings is 1. The van der Waals surface area contributed by atoms with Crippen LogP contribution in [0.3, 0.4) is 0 Å². The van der Waals surface area contributed by atoms with E-state index < -0.39 is 0 Å². The molecule has 3 aromatic heterocycles. The van der Waals surface area contributed by atoms with Crippen molar-refractivity contribution >= 4 is 53.3 Å². The van der Waals surface area contributed by atoms with E-state index >= 15 is 0 Å². The summed E-state index contributed by atoms with van der Waals surface area (Å²) in [5.74, 6) is 1.46. The van der Waals surface area contributed by atoms with Crippen LogP contribution in [-0.4, -0.2) is 19.7 Å². The summed E-state index contributed by atoms with van der Waals surface area (Å²) in [6.45, 7) is 0. The van der Waals surface area contributed by atoms with Crippen LogP contribution in [0.25, 0.3) is 70.4 Å². The average molecular weight is 493 g/mol. The Bertz CT molecular complexity index is 2100. The molecule has 174 valence electrons. The second-order valence-corrected chi connectivity index (χ2v) is 10.3. The minimum absolute atomic E-state index is 0.688. The van der Waals surface area contributed by atoms with E-state index in [9.17, 15) is 0 Å². The highest BCUT2D eigenvalue weighted by Crippen LogP contribution is 2.43. The molecule has 1 N–H and O–H groups in total. The maximum Gasteiger partial charge on any atom is 0.181 e. The number of fused-ring (bicyclic) bond motifs is 7. The SMILES string of the molecule is c1ccc(-c2nc(-c3cccc(-n4c5ccccc5c5ccc6c7ccccc7sc6c54)c3)n[nH]2)cc1. The van der Waals surface area contributed by atoms with Crippen molar-refractivity contribution in [1.29, 1.82) is 0 Å². The van der Waals surface area contributed by atoms with E-state index in [0.29, 0.717) is 5.82 Å². The minimum Gasteiger partial charge on any atom is -0.308 e. The Balaban J connectivity index is 1.38. The summed E-state index contributed by atoms with van der Waals surface area (Å²) in [5.41, 5.74) is 5.54. The van der Waals surface area contributed by atoms with Crippen LogP contribution in [0.2, 0.25) is 0 Å². The lowest BCUT2D eigenvalue weighted by Crippen LogP contribution is -1.95. The lowest BCUT2D eigenvalue weighted by Gasteiger charge is -2.09. The molecule has 37 heavy (non-hydrogen) atoms. The van der Waals surface area contributed by atoms with Gasteiger partial charge >= 0.3 is 0 Å². The molecule has 0 amide bonds. The standard InChI is InChI=1S/C32H20N4S/c1-2-9-20(10-3-1)31-33-32(35-34-31)21-11-8-12-22(19-21)36-27-15-6-4-13-23(27)25-17-18-26-24-14-5-7-16-28(24)37-30(26)29(25)36/h1-19H,(H,33,34,35). The number of aromatic nitrogens is 4. The lowest BCUT2D eigenvalue weighted by molar-refractivity contribution is 1.10. The van der Waals surface area contributed by atoms with E-state index in [-0.39, 0.29) is 0 Å². The van der Waals surface area contributed by atoms with Gasteiger partial charge in [0.2, 0.25) is 0 Å². The molecule has 0 saturated carbocycles. The smallest absolute Gasteiger partial charge is 0.181 e. The highest BCUT2D eigenvalue weighted by atomic mass is 32.1. The third kappa shape index (κ3) is 3.08. The van der Waals surface area contributed by atoms with Gasteiger partial charge in [-0.2, -0.15) is 5.10 Å². The second-order valence-electron chi connectivity index (χ2n) is 9.21. The van der Waals surface area contributed by atoms with E-state index in [1.54, 1.807) is 0 Å². The van der Waals surface area contributed by atoms with Gasteiger partial charge in [0.15, 0.2) is 11.6 Å². The molecule has 0 unspecified atom stereocenters. The van der Waals surface area contributed by atoms with Crippen molar-refractivity contribution in [1.82, 2.24) is 19.7 Å². The fraction of sp³-hybridized carbons (Fsp3) is 0. The third-order valence-electron chi connectivity index (χ3n) is 7.07. The van der Waals surface area contributed by atoms with Crippen molar-refractivity contribution in [3.63, 3.8) is 0 Å². The fourth-order valence-corrected chi connectivity index (χ4v) is 6.64. The Morgan fingerprint density at radius 1 is 0.622 bits per heavy atom. The number of hydrogen-bond donors (Lipinski definition) is 1. The monoisotopic (exact) mass is 492 g/mol. The molecule has 8 rings (SSSR count). The van der Waals surface area contributed by atoms with Gasteiger partial charge in [0.1, 0.15) is 0 Å². The van der Waals surface area contributed by atoms with Crippen LogP contribution >= 0.6 is 11.3 Å². The van der Waals surface area contributed by atoms with Gasteiger partial charge in [-0.15, -0.1) is 11.3 Å². The van der Waals surface area contributed by atoms with Gasteiger partial charge in [-0.05, 0) is 24.3 Å². The normalized spacial score (nSPS) is 11.8. The van der Waals surface area contributed by atoms with Crippen LogP contribution in [0.4, 0.5) is 0 Å². The van der Waals surface area contributed by atoms with Crippen molar-refractivity contribution < 1.29 is 0 Å². The van der Waals surface area contributed by atoms with E-state index in [1.807, 2.05) is 41.7 Å². The third-order valence-corrected chi connectivity index (χ3v) is 8.27. The fourth-order valence-electron chi connectivity index (χ4n) is 5.40. The molecular formula is C32H20N4S. The Morgan fingerprint density at radius 3 is 2.30 bits per heavy atom. The number of para-hydroxylation sites is 1. The van der Waals surface area contributed by atoms with Gasteiger partial charge in [0.25, 0.3) is 0 Å². The lowest BCUT2D eigenvalue weighted by atomic mass is 10.1. The molecular weight excluding hydrogens is 472 g/mol. The Labute approximate surface area is 216 Å². The van der Waals surface area contributed by atoms with Gasteiger partial charge in [-0.25, -0.2) is 4.98 Å². The van der Waals surface area contributed by atoms with Crippen molar-refractivity contribution in [2.75, 3.05) is 0 Å². The first kappa shape index (κ1) is 20.5. The molecule has 4 nitrogen and oxygen atoms in total. The zero-order valence-corrected chi connectivity index (χ0v) is 20.5. The maximum atomic E-state index is 4.80. The summed E-state index contributed by atoms with van der Waals surface area (Å²) in [7, 11) is 0. The Morgan fingerprint density at radius 2 is 1.38 bits per heavy atom. The Hall–Kier alpha value is -4.74. The summed E-state index contributed by atoms with van der Waals surface area (Å²) in [6.07, 6.45) is 0. The molecule has 0 aliphatic carbocycles. The molecule has 0 atom stereocenters. The average Bonchev–Trinajstić information content (AvgIpc) is 3.68. The molecule has 3 heterocycles. The van der Waals surface area contributed by atoms with Gasteiger partial charge in [-0.1, -0.05) is 91.0 Å². The van der Waals surface area contributed by atoms with Crippen LogP contribution < -0.4 is 0 Å². The number of benzene rings is 5. The first-order chi connectivity index (χ1) is 18.3. The molecule has 0 bridgehead atoms. The molecule has 8 aromatic rings. The molecule has 0 saturated heterocycles. The van der Waals surface area contributed by atoms with Gasteiger partial charge in [0, 0.05) is 43.1 Å². The first-order valence-electron chi connectivity index (χ1n) is 12.3. The molecule has 0 radical (unpaired) electrons. The first-order valence-corrected chi connectivity index (χ1v) is 13.1. The summed E-state index contributed by atoms with van der Waals surface area (Å²) in [4.78, 5) is 4.80. The van der Waals surface area contributed by atoms with Gasteiger partial charge in [0.05, 0.1) is 15.7 Å². The molecule has 0 fully saturated rings. The minimum atomic E-state index is 0.688. The van der Waals surface area contributed by atoms with E-state index in [0.717, 1.165) is 22.6 Å². The summed E-state index contributed by atoms with van der Waals surface area (Å²) < 4.78 is 5.02. The summed E-state index contributed by atoms with van der Waals surface area (Å²) in [5, 5.41) is 12.8. The second kappa shape index (κ2) is 7.88. The van der Waals surface area contributed by atoms with Crippen molar-refractivity contribution in [2.45, 2.75) is 0 Å². The van der Waals surface area contributed by atoms with Crippen LogP contribution in [0.15, 0.2) is 115 Å². The van der Waals surface area contributed by atoms with Crippen molar-refractivity contribution in [3.8, 4) is 28.5 Å². The number of hydrogen-bond acceptors (Lipinski definition) is 3. The van der Waals surface area contributed by atoms with Crippen LogP contribution in [0.1, 0.15) is 0 Å². The number of rotatable bonds is 3. The zero-order chi connectivity index (χ0) is 24.3. The molecule has 0 spiro atoms. The van der Waals surface area contributed by atoms with Crippen molar-refractivity contribution in [2.24, 2.45) is 0 Å². The zero-order valence-electron chi connectivity index (χ0n) is 19.7. The highest BCUT2D eigenvalue weighted by Gasteiger charge is 2.18. The number of nitrogens with one attached hydrogen (secondary N) is 1. The Kier molecular flexibility index (Phi) is 4.36. The quantitative estimate of drug-likeness (QED) is 0.268. The van der Waals surface area contributed by atoms with Crippen LogP contribution in [0, 0.1) is 0 Å². The molecule has 0 aliphatic rings. The molecule has 5 aromatic carbocycles. The van der Waals surface area contributed by atoms with Gasteiger partial charge < -0.3 is 4.57 Å². The topological polar surface area (TPSA) is 46.5 Å².